The van der Waals surface area contributed by atoms with Gasteiger partial charge in [0, 0.05) is 16.9 Å². The van der Waals surface area contributed by atoms with Gasteiger partial charge in [-0.2, -0.15) is 5.10 Å². The first-order chi connectivity index (χ1) is 11.6. The minimum atomic E-state index is -0.326. The molecule has 122 valence electrons. The Hall–Kier alpha value is -2.79. The number of hydrogen-bond donors (Lipinski definition) is 2. The number of rotatable bonds is 4. The van der Waals surface area contributed by atoms with Crippen LogP contribution in [0, 0.1) is 6.92 Å². The highest BCUT2D eigenvalue weighted by Gasteiger charge is 2.05. The molecule has 0 saturated carbocycles. The first-order valence-corrected chi connectivity index (χ1v) is 7.88. The van der Waals surface area contributed by atoms with Crippen molar-refractivity contribution in [2.24, 2.45) is 0 Å². The Morgan fingerprint density at radius 2 is 1.88 bits per heavy atom. The molecule has 0 bridgehead atoms. The normalized spacial score (nSPS) is 10.4. The van der Waals surface area contributed by atoms with Gasteiger partial charge in [-0.3, -0.25) is 4.68 Å². The van der Waals surface area contributed by atoms with Crippen molar-refractivity contribution in [3.05, 3.63) is 77.1 Å². The van der Waals surface area contributed by atoms with Crippen molar-refractivity contribution < 1.29 is 4.79 Å². The SMILES string of the molecule is Cc1cccc(Cn2cc(NC(=O)Nc3ccc(Cl)cc3)cn2)c1. The Morgan fingerprint density at radius 3 is 2.62 bits per heavy atom. The fraction of sp³-hybridized carbons (Fsp3) is 0.111. The van der Waals surface area contributed by atoms with Gasteiger partial charge in [-0.1, -0.05) is 41.4 Å². The summed E-state index contributed by atoms with van der Waals surface area (Å²) in [5, 5.41) is 10.4. The number of aromatic nitrogens is 2. The number of nitrogens with zero attached hydrogens (tertiary/aromatic N) is 2. The summed E-state index contributed by atoms with van der Waals surface area (Å²) in [6, 6.07) is 14.8. The van der Waals surface area contributed by atoms with E-state index in [0.717, 1.165) is 5.56 Å². The van der Waals surface area contributed by atoms with Gasteiger partial charge < -0.3 is 10.6 Å². The topological polar surface area (TPSA) is 59.0 Å². The first kappa shape index (κ1) is 16.1. The quantitative estimate of drug-likeness (QED) is 0.732. The lowest BCUT2D eigenvalue weighted by Crippen LogP contribution is -2.19. The second-order valence-corrected chi connectivity index (χ2v) is 5.94. The van der Waals surface area contributed by atoms with Crippen LogP contribution in [0.2, 0.25) is 5.02 Å². The van der Waals surface area contributed by atoms with Crippen molar-refractivity contribution in [1.82, 2.24) is 9.78 Å². The summed E-state index contributed by atoms with van der Waals surface area (Å²) in [6.07, 6.45) is 3.42. The van der Waals surface area contributed by atoms with E-state index >= 15 is 0 Å². The van der Waals surface area contributed by atoms with Crippen LogP contribution in [0.25, 0.3) is 0 Å². The largest absolute Gasteiger partial charge is 0.323 e. The van der Waals surface area contributed by atoms with E-state index in [1.165, 1.54) is 5.56 Å². The van der Waals surface area contributed by atoms with Crippen LogP contribution in [0.4, 0.5) is 16.2 Å². The number of carbonyl (C=O) groups is 1. The second-order valence-electron chi connectivity index (χ2n) is 5.50. The van der Waals surface area contributed by atoms with E-state index in [9.17, 15) is 4.79 Å². The number of nitrogens with one attached hydrogen (secondary N) is 2. The summed E-state index contributed by atoms with van der Waals surface area (Å²) in [4.78, 5) is 12.0. The van der Waals surface area contributed by atoms with Crippen LogP contribution in [0.5, 0.6) is 0 Å². The van der Waals surface area contributed by atoms with Crippen molar-refractivity contribution >= 4 is 29.0 Å². The fourth-order valence-electron chi connectivity index (χ4n) is 2.34. The van der Waals surface area contributed by atoms with E-state index in [1.54, 1.807) is 41.3 Å². The highest BCUT2D eigenvalue weighted by molar-refractivity contribution is 6.30. The molecule has 0 fully saturated rings. The first-order valence-electron chi connectivity index (χ1n) is 7.50. The standard InChI is InChI=1S/C18H17ClN4O/c1-13-3-2-4-14(9-13)11-23-12-17(10-20-23)22-18(24)21-16-7-5-15(19)6-8-16/h2-10,12H,11H2,1H3,(H2,21,22,24). The summed E-state index contributed by atoms with van der Waals surface area (Å²) in [5.41, 5.74) is 3.67. The van der Waals surface area contributed by atoms with Crippen LogP contribution in [-0.2, 0) is 6.54 Å². The molecule has 0 aliphatic carbocycles. The Morgan fingerprint density at radius 1 is 1.12 bits per heavy atom. The maximum atomic E-state index is 12.0. The van der Waals surface area contributed by atoms with Gasteiger partial charge in [-0.25, -0.2) is 4.79 Å². The van der Waals surface area contributed by atoms with E-state index in [2.05, 4.69) is 40.9 Å². The average Bonchev–Trinajstić information content (AvgIpc) is 2.96. The molecule has 0 radical (unpaired) electrons. The van der Waals surface area contributed by atoms with Gasteiger partial charge in [0.2, 0.25) is 0 Å². The Labute approximate surface area is 145 Å². The van der Waals surface area contributed by atoms with Crippen LogP contribution < -0.4 is 10.6 Å². The molecule has 0 unspecified atom stereocenters. The van der Waals surface area contributed by atoms with E-state index in [1.807, 2.05) is 6.07 Å². The minimum Gasteiger partial charge on any atom is -0.308 e. The lowest BCUT2D eigenvalue weighted by molar-refractivity contribution is 0.262. The van der Waals surface area contributed by atoms with E-state index in [-0.39, 0.29) is 6.03 Å². The molecule has 6 heteroatoms. The molecule has 2 N–H and O–H groups in total. The number of aryl methyl sites for hydroxylation is 1. The molecule has 0 spiro atoms. The van der Waals surface area contributed by atoms with Gasteiger partial charge >= 0.3 is 6.03 Å². The molecule has 5 nitrogen and oxygen atoms in total. The molecular formula is C18H17ClN4O. The minimum absolute atomic E-state index is 0.326. The Bertz CT molecular complexity index is 842. The lowest BCUT2D eigenvalue weighted by Gasteiger charge is -2.06. The number of carbonyl (C=O) groups excluding carboxylic acids is 1. The van der Waals surface area contributed by atoms with Gasteiger partial charge in [0.15, 0.2) is 0 Å². The highest BCUT2D eigenvalue weighted by atomic mass is 35.5. The number of halogens is 1. The smallest absolute Gasteiger partial charge is 0.308 e. The van der Waals surface area contributed by atoms with E-state index in [0.29, 0.717) is 22.9 Å². The predicted octanol–water partition coefficient (Wildman–Crippen LogP) is 4.54. The molecule has 0 atom stereocenters. The van der Waals surface area contributed by atoms with E-state index in [4.69, 9.17) is 11.6 Å². The zero-order chi connectivity index (χ0) is 16.9. The molecule has 1 heterocycles. The molecule has 1 aromatic heterocycles. The van der Waals surface area contributed by atoms with Gasteiger partial charge in [0.1, 0.15) is 0 Å². The molecule has 0 saturated heterocycles. The maximum Gasteiger partial charge on any atom is 0.323 e. The number of hydrogen-bond acceptors (Lipinski definition) is 2. The molecule has 3 aromatic rings. The van der Waals surface area contributed by atoms with Gasteiger partial charge in [-0.15, -0.1) is 0 Å². The molecule has 2 amide bonds. The number of amides is 2. The number of urea groups is 1. The van der Waals surface area contributed by atoms with Gasteiger partial charge in [-0.05, 0) is 36.8 Å². The monoisotopic (exact) mass is 340 g/mol. The van der Waals surface area contributed by atoms with Crippen LogP contribution in [-0.4, -0.2) is 15.8 Å². The molecule has 0 aliphatic rings. The van der Waals surface area contributed by atoms with Crippen LogP contribution >= 0.6 is 11.6 Å². The van der Waals surface area contributed by atoms with Crippen LogP contribution in [0.3, 0.4) is 0 Å². The third-order valence-electron chi connectivity index (χ3n) is 3.42. The van der Waals surface area contributed by atoms with Gasteiger partial charge in [0.25, 0.3) is 0 Å². The third-order valence-corrected chi connectivity index (χ3v) is 3.67. The fourth-order valence-corrected chi connectivity index (χ4v) is 2.46. The molecule has 24 heavy (non-hydrogen) atoms. The van der Waals surface area contributed by atoms with Crippen molar-refractivity contribution in [3.63, 3.8) is 0 Å². The molecule has 0 aliphatic heterocycles. The summed E-state index contributed by atoms with van der Waals surface area (Å²) in [6.45, 7) is 2.71. The summed E-state index contributed by atoms with van der Waals surface area (Å²) in [5.74, 6) is 0. The average molecular weight is 341 g/mol. The van der Waals surface area contributed by atoms with Crippen LogP contribution in [0.15, 0.2) is 60.9 Å². The van der Waals surface area contributed by atoms with Crippen molar-refractivity contribution in [3.8, 4) is 0 Å². The summed E-state index contributed by atoms with van der Waals surface area (Å²) >= 11 is 5.82. The van der Waals surface area contributed by atoms with Crippen molar-refractivity contribution in [2.45, 2.75) is 13.5 Å². The third kappa shape index (κ3) is 4.36. The molecule has 3 rings (SSSR count). The van der Waals surface area contributed by atoms with Crippen molar-refractivity contribution in [1.29, 1.82) is 0 Å². The zero-order valence-electron chi connectivity index (χ0n) is 13.2. The summed E-state index contributed by atoms with van der Waals surface area (Å²) in [7, 11) is 0. The van der Waals surface area contributed by atoms with Crippen LogP contribution in [0.1, 0.15) is 11.1 Å². The highest BCUT2D eigenvalue weighted by Crippen LogP contribution is 2.14. The zero-order valence-corrected chi connectivity index (χ0v) is 13.9. The molecule has 2 aromatic carbocycles. The Kier molecular flexibility index (Phi) is 4.82. The molecular weight excluding hydrogens is 324 g/mol. The maximum absolute atomic E-state index is 12.0. The predicted molar refractivity (Wildman–Crippen MR) is 96.6 cm³/mol. The number of anilines is 2. The second kappa shape index (κ2) is 7.19. The van der Waals surface area contributed by atoms with Crippen molar-refractivity contribution in [2.75, 3.05) is 10.6 Å². The lowest BCUT2D eigenvalue weighted by atomic mass is 10.1. The van der Waals surface area contributed by atoms with Gasteiger partial charge in [0.05, 0.1) is 18.4 Å². The van der Waals surface area contributed by atoms with E-state index < -0.39 is 0 Å². The Balaban J connectivity index is 1.59. The number of benzene rings is 2. The summed E-state index contributed by atoms with van der Waals surface area (Å²) < 4.78 is 1.78.